The van der Waals surface area contributed by atoms with E-state index in [4.69, 9.17) is 0 Å². The molecular weight excluding hydrogens is 217 g/mol. The summed E-state index contributed by atoms with van der Waals surface area (Å²) in [5.41, 5.74) is -0.501. The van der Waals surface area contributed by atoms with Crippen molar-refractivity contribution >= 4 is 6.72 Å². The molecule has 0 aliphatic rings. The first kappa shape index (κ1) is 12.3. The monoisotopic (exact) mass is 228 g/mol. The third-order valence-corrected chi connectivity index (χ3v) is 2.00. The van der Waals surface area contributed by atoms with E-state index in [-0.39, 0.29) is 17.9 Å². The van der Waals surface area contributed by atoms with Gasteiger partial charge in [0, 0.05) is 6.54 Å². The maximum atomic E-state index is 12.6. The Morgan fingerprint density at radius 1 is 1.31 bits per heavy atom. The van der Waals surface area contributed by atoms with E-state index in [1.165, 1.54) is 12.1 Å². The lowest BCUT2D eigenvalue weighted by atomic mass is 10.1. The Morgan fingerprint density at radius 3 is 2.50 bits per heavy atom. The highest BCUT2D eigenvalue weighted by Crippen LogP contribution is 2.31. The van der Waals surface area contributed by atoms with Gasteiger partial charge in [-0.1, -0.05) is 24.8 Å². The van der Waals surface area contributed by atoms with Crippen LogP contribution in [0, 0.1) is 0 Å². The number of alkyl halides is 3. The van der Waals surface area contributed by atoms with Crippen molar-refractivity contribution in [3.8, 4) is 0 Å². The Kier molecular flexibility index (Phi) is 3.71. The highest BCUT2D eigenvalue weighted by Gasteiger charge is 2.32. The fourth-order valence-corrected chi connectivity index (χ4v) is 1.20. The largest absolute Gasteiger partial charge is 0.416 e. The van der Waals surface area contributed by atoms with E-state index in [1.54, 1.807) is 6.07 Å². The summed E-state index contributed by atoms with van der Waals surface area (Å²) in [6.07, 6.45) is -4.35. The van der Waals surface area contributed by atoms with E-state index in [2.05, 4.69) is 23.6 Å². The zero-order chi connectivity index (χ0) is 12.2. The summed E-state index contributed by atoms with van der Waals surface area (Å²) in [7, 11) is 0. The summed E-state index contributed by atoms with van der Waals surface area (Å²) in [6, 6.07) is 5.36. The van der Waals surface area contributed by atoms with Crippen LogP contribution in [0.25, 0.3) is 0 Å². The Morgan fingerprint density at radius 2 is 1.94 bits per heavy atom. The average Bonchev–Trinajstić information content (AvgIpc) is 2.25. The smallest absolute Gasteiger partial charge is 0.366 e. The quantitative estimate of drug-likeness (QED) is 0.787. The molecule has 0 spiro atoms. The first-order chi connectivity index (χ1) is 7.45. The topological polar surface area (TPSA) is 24.4 Å². The molecule has 1 aromatic carbocycles. The van der Waals surface area contributed by atoms with Gasteiger partial charge in [-0.05, 0) is 18.3 Å². The van der Waals surface area contributed by atoms with Crippen molar-refractivity contribution in [3.63, 3.8) is 0 Å². The minimum Gasteiger partial charge on any atom is -0.366 e. The van der Waals surface area contributed by atoms with Gasteiger partial charge in [0.1, 0.15) is 5.82 Å². The van der Waals surface area contributed by atoms with Crippen molar-refractivity contribution < 1.29 is 13.2 Å². The molecule has 0 aromatic heterocycles. The predicted molar refractivity (Wildman–Crippen MR) is 57.0 cm³/mol. The van der Waals surface area contributed by atoms with Gasteiger partial charge in [0.2, 0.25) is 0 Å². The fraction of sp³-hybridized carbons (Fsp3) is 0.182. The number of halogens is 3. The summed E-state index contributed by atoms with van der Waals surface area (Å²) in [6.45, 7) is 6.69. The van der Waals surface area contributed by atoms with Crippen LogP contribution in [0.2, 0.25) is 0 Å². The average molecular weight is 228 g/mol. The molecule has 86 valence electrons. The van der Waals surface area contributed by atoms with Gasteiger partial charge < -0.3 is 5.32 Å². The highest BCUT2D eigenvalue weighted by molar-refractivity contribution is 5.31. The number of nitrogens with zero attached hydrogens (tertiary/aromatic N) is 1. The molecule has 2 nitrogen and oxygen atoms in total. The van der Waals surface area contributed by atoms with Crippen LogP contribution in [0.3, 0.4) is 0 Å². The summed E-state index contributed by atoms with van der Waals surface area (Å²) < 4.78 is 37.7. The number of nitrogens with one attached hydrogen (secondary N) is 1. The minimum absolute atomic E-state index is 0.0214. The third-order valence-electron chi connectivity index (χ3n) is 2.00. The van der Waals surface area contributed by atoms with Gasteiger partial charge in [-0.25, -0.2) is 4.99 Å². The Bertz CT molecular complexity index is 396. The molecule has 1 rings (SSSR count). The second kappa shape index (κ2) is 4.83. The Labute approximate surface area is 91.5 Å². The lowest BCUT2D eigenvalue weighted by molar-refractivity contribution is -0.138. The van der Waals surface area contributed by atoms with Crippen LogP contribution in [0.1, 0.15) is 11.1 Å². The molecule has 16 heavy (non-hydrogen) atoms. The Balaban J connectivity index is 2.87. The van der Waals surface area contributed by atoms with Gasteiger partial charge in [-0.3, -0.25) is 0 Å². The minimum atomic E-state index is -4.35. The van der Waals surface area contributed by atoms with Crippen molar-refractivity contribution in [1.29, 1.82) is 0 Å². The van der Waals surface area contributed by atoms with E-state index in [0.717, 1.165) is 6.07 Å². The van der Waals surface area contributed by atoms with Crippen LogP contribution in [0.5, 0.6) is 0 Å². The van der Waals surface area contributed by atoms with Gasteiger partial charge in [0.05, 0.1) is 5.56 Å². The maximum absolute atomic E-state index is 12.6. The van der Waals surface area contributed by atoms with Crippen molar-refractivity contribution in [1.82, 2.24) is 5.32 Å². The summed E-state index contributed by atoms with van der Waals surface area (Å²) >= 11 is 0. The standard InChI is InChI=1S/C11H11F3N2/c1-8(15-2)16-7-9-5-3-4-6-10(9)11(12,13)14/h3-6,16H,1-2,7H2. The van der Waals surface area contributed by atoms with Crippen molar-refractivity contribution in [2.45, 2.75) is 12.7 Å². The number of benzene rings is 1. The maximum Gasteiger partial charge on any atom is 0.416 e. The molecule has 0 amide bonds. The normalized spacial score (nSPS) is 10.9. The molecule has 0 atom stereocenters. The van der Waals surface area contributed by atoms with Crippen molar-refractivity contribution in [3.05, 3.63) is 47.8 Å². The van der Waals surface area contributed by atoms with Gasteiger partial charge in [0.25, 0.3) is 0 Å². The molecule has 0 saturated heterocycles. The zero-order valence-corrected chi connectivity index (χ0v) is 8.51. The highest BCUT2D eigenvalue weighted by atomic mass is 19.4. The molecule has 0 aliphatic carbocycles. The molecule has 0 saturated carbocycles. The van der Waals surface area contributed by atoms with Crippen molar-refractivity contribution in [2.75, 3.05) is 0 Å². The summed E-state index contributed by atoms with van der Waals surface area (Å²) in [5, 5.41) is 2.64. The molecule has 0 fully saturated rings. The van der Waals surface area contributed by atoms with Crippen LogP contribution in [0.15, 0.2) is 41.7 Å². The van der Waals surface area contributed by atoms with Crippen molar-refractivity contribution in [2.24, 2.45) is 4.99 Å². The van der Waals surface area contributed by atoms with Gasteiger partial charge in [-0.2, -0.15) is 13.2 Å². The van der Waals surface area contributed by atoms with E-state index < -0.39 is 11.7 Å². The number of hydrogen-bond acceptors (Lipinski definition) is 2. The first-order valence-electron chi connectivity index (χ1n) is 4.49. The van der Waals surface area contributed by atoms with E-state index >= 15 is 0 Å². The molecule has 1 aromatic rings. The van der Waals surface area contributed by atoms with Crippen LogP contribution in [0.4, 0.5) is 13.2 Å². The molecule has 1 N–H and O–H groups in total. The van der Waals surface area contributed by atoms with E-state index in [9.17, 15) is 13.2 Å². The predicted octanol–water partition coefficient (Wildman–Crippen LogP) is 2.97. The van der Waals surface area contributed by atoms with Crippen LogP contribution >= 0.6 is 0 Å². The van der Waals surface area contributed by atoms with E-state index in [1.807, 2.05) is 0 Å². The third kappa shape index (κ3) is 3.12. The molecule has 0 heterocycles. The zero-order valence-electron chi connectivity index (χ0n) is 8.51. The van der Waals surface area contributed by atoms with E-state index in [0.29, 0.717) is 0 Å². The number of hydrogen-bond donors (Lipinski definition) is 1. The lowest BCUT2D eigenvalue weighted by Gasteiger charge is -2.13. The second-order valence-electron chi connectivity index (χ2n) is 3.11. The van der Waals surface area contributed by atoms with Gasteiger partial charge in [0.15, 0.2) is 0 Å². The fourth-order valence-electron chi connectivity index (χ4n) is 1.20. The Hall–Kier alpha value is -1.78. The van der Waals surface area contributed by atoms with Crippen LogP contribution in [-0.4, -0.2) is 6.72 Å². The number of rotatable bonds is 4. The molecule has 0 unspecified atom stereocenters. The van der Waals surface area contributed by atoms with Gasteiger partial charge in [-0.15, -0.1) is 0 Å². The van der Waals surface area contributed by atoms with Crippen LogP contribution < -0.4 is 5.32 Å². The number of aliphatic imine (C=N–C) groups is 1. The first-order valence-corrected chi connectivity index (χ1v) is 4.49. The van der Waals surface area contributed by atoms with Gasteiger partial charge >= 0.3 is 6.18 Å². The molecule has 0 aliphatic heterocycles. The second-order valence-corrected chi connectivity index (χ2v) is 3.11. The lowest BCUT2D eigenvalue weighted by Crippen LogP contribution is -2.15. The molecule has 0 bridgehead atoms. The van der Waals surface area contributed by atoms with Crippen LogP contribution in [-0.2, 0) is 12.7 Å². The molecular formula is C11H11F3N2. The summed E-state index contributed by atoms with van der Waals surface area (Å²) in [4.78, 5) is 3.46. The molecule has 5 heteroatoms. The SMILES string of the molecule is C=NC(=C)NCc1ccccc1C(F)(F)F. The molecule has 0 radical (unpaired) electrons. The summed E-state index contributed by atoms with van der Waals surface area (Å²) in [5.74, 6) is 0.247.